The number of rotatable bonds is 5. The van der Waals surface area contributed by atoms with E-state index in [9.17, 15) is 31.1 Å². The third-order valence-corrected chi connectivity index (χ3v) is 4.14. The number of hydrogen-bond donors (Lipinski definition) is 1. The summed E-state index contributed by atoms with van der Waals surface area (Å²) in [6.45, 7) is 0. The van der Waals surface area contributed by atoms with E-state index in [-0.39, 0.29) is 17.6 Å². The Balaban J connectivity index is 1.90. The van der Waals surface area contributed by atoms with E-state index in [0.717, 1.165) is 0 Å². The summed E-state index contributed by atoms with van der Waals surface area (Å²) in [5.41, 5.74) is -4.08. The zero-order chi connectivity index (χ0) is 23.5. The van der Waals surface area contributed by atoms with Crippen LogP contribution in [0.25, 0.3) is 0 Å². The SMILES string of the molecule is COc1ccc(Oc2ncccc2NC(=O)c2cc(C(F)(F)F)cc(C(F)(F)F)c2)cc1. The van der Waals surface area contributed by atoms with Gasteiger partial charge in [0.15, 0.2) is 0 Å². The second kappa shape index (κ2) is 8.77. The van der Waals surface area contributed by atoms with Gasteiger partial charge in [0.2, 0.25) is 5.88 Å². The molecule has 5 nitrogen and oxygen atoms in total. The Bertz CT molecular complexity index is 1080. The average Bonchev–Trinajstić information content (AvgIpc) is 2.74. The molecular formula is C21H14F6N2O3. The van der Waals surface area contributed by atoms with Crippen molar-refractivity contribution in [3.8, 4) is 17.4 Å². The van der Waals surface area contributed by atoms with Crippen molar-refractivity contribution in [2.24, 2.45) is 0 Å². The van der Waals surface area contributed by atoms with Crippen LogP contribution in [0.15, 0.2) is 60.8 Å². The summed E-state index contributed by atoms with van der Waals surface area (Å²) < 4.78 is 88.9. The summed E-state index contributed by atoms with van der Waals surface area (Å²) in [4.78, 5) is 16.5. The topological polar surface area (TPSA) is 60.5 Å². The molecule has 0 bridgehead atoms. The highest BCUT2D eigenvalue weighted by Crippen LogP contribution is 2.37. The molecule has 32 heavy (non-hydrogen) atoms. The third-order valence-electron chi connectivity index (χ3n) is 4.14. The summed E-state index contributed by atoms with van der Waals surface area (Å²) in [6.07, 6.45) is -8.82. The van der Waals surface area contributed by atoms with E-state index in [1.807, 2.05) is 0 Å². The van der Waals surface area contributed by atoms with Gasteiger partial charge in [0, 0.05) is 11.8 Å². The number of anilines is 1. The maximum absolute atomic E-state index is 13.0. The smallest absolute Gasteiger partial charge is 0.416 e. The van der Waals surface area contributed by atoms with E-state index in [0.29, 0.717) is 23.6 Å². The number of ether oxygens (including phenoxy) is 2. The van der Waals surface area contributed by atoms with Gasteiger partial charge in [0.05, 0.1) is 18.2 Å². The number of hydrogen-bond acceptors (Lipinski definition) is 4. The van der Waals surface area contributed by atoms with Crippen LogP contribution in [0.4, 0.5) is 32.0 Å². The van der Waals surface area contributed by atoms with Gasteiger partial charge in [-0.2, -0.15) is 26.3 Å². The molecular weight excluding hydrogens is 442 g/mol. The molecule has 11 heteroatoms. The van der Waals surface area contributed by atoms with Crippen LogP contribution in [0.3, 0.4) is 0 Å². The lowest BCUT2D eigenvalue weighted by atomic mass is 10.0. The van der Waals surface area contributed by atoms with Crippen LogP contribution in [0, 0.1) is 0 Å². The molecule has 0 spiro atoms. The molecule has 0 unspecified atom stereocenters. The number of aromatic nitrogens is 1. The molecule has 1 aromatic heterocycles. The van der Waals surface area contributed by atoms with Gasteiger partial charge in [0.1, 0.15) is 17.2 Å². The van der Waals surface area contributed by atoms with Gasteiger partial charge in [0.25, 0.3) is 5.91 Å². The molecule has 0 atom stereocenters. The molecule has 1 N–H and O–H groups in total. The summed E-state index contributed by atoms with van der Waals surface area (Å²) in [5, 5.41) is 2.24. The van der Waals surface area contributed by atoms with E-state index in [1.54, 1.807) is 24.3 Å². The largest absolute Gasteiger partial charge is 0.497 e. The molecule has 0 aliphatic heterocycles. The van der Waals surface area contributed by atoms with Gasteiger partial charge in [-0.15, -0.1) is 0 Å². The van der Waals surface area contributed by atoms with Crippen LogP contribution in [0.2, 0.25) is 0 Å². The Morgan fingerprint density at radius 1 is 0.875 bits per heavy atom. The monoisotopic (exact) mass is 456 g/mol. The number of alkyl halides is 6. The molecule has 1 amide bonds. The Labute approximate surface area is 177 Å². The van der Waals surface area contributed by atoms with Crippen molar-refractivity contribution in [3.63, 3.8) is 0 Å². The first-order valence-electron chi connectivity index (χ1n) is 8.85. The standard InChI is InChI=1S/C21H14F6N2O3/c1-31-15-4-6-16(7-5-15)32-19-17(3-2-8-28-19)29-18(30)12-9-13(20(22,23)24)11-14(10-12)21(25,26)27/h2-11H,1H3,(H,29,30). The Kier molecular flexibility index (Phi) is 6.28. The minimum absolute atomic E-state index is 0.0562. The van der Waals surface area contributed by atoms with E-state index >= 15 is 0 Å². The number of carbonyl (C=O) groups excluding carboxylic acids is 1. The Morgan fingerprint density at radius 3 is 1.97 bits per heavy atom. The maximum atomic E-state index is 13.0. The zero-order valence-electron chi connectivity index (χ0n) is 16.2. The fourth-order valence-electron chi connectivity index (χ4n) is 2.60. The van der Waals surface area contributed by atoms with Gasteiger partial charge >= 0.3 is 12.4 Å². The van der Waals surface area contributed by atoms with Gasteiger partial charge in [-0.25, -0.2) is 4.98 Å². The molecule has 0 radical (unpaired) electrons. The van der Waals surface area contributed by atoms with Crippen molar-refractivity contribution >= 4 is 11.6 Å². The minimum Gasteiger partial charge on any atom is -0.497 e. The second-order valence-corrected chi connectivity index (χ2v) is 6.38. The Hall–Kier alpha value is -3.76. The first-order chi connectivity index (χ1) is 15.0. The Morgan fingerprint density at radius 2 is 1.44 bits per heavy atom. The molecule has 3 rings (SSSR count). The number of carbonyl (C=O) groups is 1. The number of amides is 1. The fraction of sp³-hybridized carbons (Fsp3) is 0.143. The van der Waals surface area contributed by atoms with Gasteiger partial charge < -0.3 is 14.8 Å². The van der Waals surface area contributed by atoms with Crippen molar-refractivity contribution in [3.05, 3.63) is 77.5 Å². The van der Waals surface area contributed by atoms with Crippen LogP contribution in [0.5, 0.6) is 17.4 Å². The maximum Gasteiger partial charge on any atom is 0.416 e. The molecule has 0 saturated carbocycles. The summed E-state index contributed by atoms with van der Waals surface area (Å²) in [6, 6.07) is 9.64. The second-order valence-electron chi connectivity index (χ2n) is 6.38. The van der Waals surface area contributed by atoms with Crippen LogP contribution < -0.4 is 14.8 Å². The van der Waals surface area contributed by atoms with Crippen molar-refractivity contribution in [2.75, 3.05) is 12.4 Å². The van der Waals surface area contributed by atoms with Crippen LogP contribution in [0.1, 0.15) is 21.5 Å². The molecule has 0 aliphatic carbocycles. The lowest BCUT2D eigenvalue weighted by Crippen LogP contribution is -2.17. The predicted octanol–water partition coefficient (Wildman–Crippen LogP) is 6.17. The van der Waals surface area contributed by atoms with Crippen molar-refractivity contribution < 1.29 is 40.6 Å². The van der Waals surface area contributed by atoms with Crippen LogP contribution >= 0.6 is 0 Å². The van der Waals surface area contributed by atoms with Crippen molar-refractivity contribution in [1.82, 2.24) is 4.98 Å². The van der Waals surface area contributed by atoms with Gasteiger partial charge in [-0.05, 0) is 54.6 Å². The average molecular weight is 456 g/mol. The highest BCUT2D eigenvalue weighted by atomic mass is 19.4. The molecule has 2 aromatic carbocycles. The van der Waals surface area contributed by atoms with Crippen molar-refractivity contribution in [1.29, 1.82) is 0 Å². The number of nitrogens with zero attached hydrogens (tertiary/aromatic N) is 1. The number of benzene rings is 2. The normalized spacial score (nSPS) is 11.7. The van der Waals surface area contributed by atoms with Crippen molar-refractivity contribution in [2.45, 2.75) is 12.4 Å². The summed E-state index contributed by atoms with van der Waals surface area (Å²) in [5.74, 6) is -0.460. The molecule has 0 saturated heterocycles. The molecule has 0 aliphatic rings. The lowest BCUT2D eigenvalue weighted by molar-refractivity contribution is -0.143. The minimum atomic E-state index is -5.08. The number of pyridine rings is 1. The molecule has 168 valence electrons. The first-order valence-corrected chi connectivity index (χ1v) is 8.85. The fourth-order valence-corrected chi connectivity index (χ4v) is 2.60. The number of methoxy groups -OCH3 is 1. The number of halogens is 6. The van der Waals surface area contributed by atoms with E-state index in [1.165, 1.54) is 25.4 Å². The van der Waals surface area contributed by atoms with Gasteiger partial charge in [-0.1, -0.05) is 0 Å². The number of nitrogens with one attached hydrogen (secondary N) is 1. The van der Waals surface area contributed by atoms with E-state index in [2.05, 4.69) is 10.3 Å². The zero-order valence-corrected chi connectivity index (χ0v) is 16.2. The lowest BCUT2D eigenvalue weighted by Gasteiger charge is -2.15. The molecule has 3 aromatic rings. The highest BCUT2D eigenvalue weighted by Gasteiger charge is 2.37. The molecule has 0 fully saturated rings. The first kappa shape index (κ1) is 22.9. The van der Waals surface area contributed by atoms with E-state index < -0.39 is 35.0 Å². The molecule has 1 heterocycles. The highest BCUT2D eigenvalue weighted by molar-refractivity contribution is 6.05. The predicted molar refractivity (Wildman–Crippen MR) is 102 cm³/mol. The van der Waals surface area contributed by atoms with E-state index in [4.69, 9.17) is 9.47 Å². The van der Waals surface area contributed by atoms with Gasteiger partial charge in [-0.3, -0.25) is 4.79 Å². The quantitative estimate of drug-likeness (QED) is 0.467. The van der Waals surface area contributed by atoms with Crippen LogP contribution in [-0.4, -0.2) is 18.0 Å². The van der Waals surface area contributed by atoms with Crippen LogP contribution in [-0.2, 0) is 12.4 Å². The third kappa shape index (κ3) is 5.48. The summed E-state index contributed by atoms with van der Waals surface area (Å²) >= 11 is 0. The summed E-state index contributed by atoms with van der Waals surface area (Å²) in [7, 11) is 1.47.